The van der Waals surface area contributed by atoms with Crippen LogP contribution in [0.25, 0.3) is 0 Å². The molecule has 0 saturated carbocycles. The van der Waals surface area contributed by atoms with Crippen LogP contribution in [0, 0.1) is 0 Å². The minimum absolute atomic E-state index is 0.318. The minimum Gasteiger partial charge on any atom is -0.378 e. The van der Waals surface area contributed by atoms with Crippen molar-refractivity contribution in [2.45, 2.75) is 12.5 Å². The van der Waals surface area contributed by atoms with E-state index in [1.165, 1.54) is 0 Å². The molecule has 2 fully saturated rings. The Labute approximate surface area is 146 Å². The smallest absolute Gasteiger partial charge is 0.227 e. The predicted octanol–water partition coefficient (Wildman–Crippen LogP) is 2.74. The van der Waals surface area contributed by atoms with Crippen LogP contribution < -0.4 is 15.5 Å². The first-order valence-electron chi connectivity index (χ1n) is 8.25. The summed E-state index contributed by atoms with van der Waals surface area (Å²) in [6.07, 6.45) is 1.11. The molecule has 1 aromatic carbocycles. The Morgan fingerprint density at radius 3 is 2.58 bits per heavy atom. The van der Waals surface area contributed by atoms with Gasteiger partial charge in [-0.05, 0) is 37.2 Å². The summed E-state index contributed by atoms with van der Waals surface area (Å²) in [7, 11) is 0. The number of ether oxygens (including phenoxy) is 1. The quantitative estimate of drug-likeness (QED) is 0.888. The highest BCUT2D eigenvalue weighted by molar-refractivity contribution is 6.30. The Bertz CT molecular complexity index is 699. The zero-order chi connectivity index (χ0) is 16.4. The van der Waals surface area contributed by atoms with Crippen LogP contribution in [0.15, 0.2) is 30.3 Å². The number of nitrogens with one attached hydrogen (secondary N) is 2. The maximum absolute atomic E-state index is 5.95. The van der Waals surface area contributed by atoms with Crippen molar-refractivity contribution in [2.75, 3.05) is 43.1 Å². The maximum Gasteiger partial charge on any atom is 0.227 e. The van der Waals surface area contributed by atoms with E-state index in [0.717, 1.165) is 67.4 Å². The first-order valence-corrected chi connectivity index (χ1v) is 8.63. The predicted molar refractivity (Wildman–Crippen MR) is 95.2 cm³/mol. The fourth-order valence-corrected chi connectivity index (χ4v) is 2.95. The number of benzene rings is 1. The SMILES string of the molecule is Clc1ccc(Nc2cc(C3CCN3)nc(N3CCOCC3)n2)cc1. The van der Waals surface area contributed by atoms with Crippen LogP contribution in [0.3, 0.4) is 0 Å². The lowest BCUT2D eigenvalue weighted by Gasteiger charge is -2.30. The molecule has 2 N–H and O–H groups in total. The third kappa shape index (κ3) is 3.45. The molecule has 0 spiro atoms. The van der Waals surface area contributed by atoms with Crippen molar-refractivity contribution in [2.24, 2.45) is 0 Å². The van der Waals surface area contributed by atoms with E-state index in [1.54, 1.807) is 0 Å². The van der Waals surface area contributed by atoms with Gasteiger partial charge in [0.25, 0.3) is 0 Å². The third-order valence-electron chi connectivity index (χ3n) is 4.33. The van der Waals surface area contributed by atoms with Gasteiger partial charge in [0.05, 0.1) is 24.9 Å². The largest absolute Gasteiger partial charge is 0.378 e. The van der Waals surface area contributed by atoms with Crippen molar-refractivity contribution in [3.63, 3.8) is 0 Å². The first kappa shape index (κ1) is 15.6. The monoisotopic (exact) mass is 345 g/mol. The van der Waals surface area contributed by atoms with Crippen LogP contribution in [0.4, 0.5) is 17.5 Å². The number of rotatable bonds is 4. The summed E-state index contributed by atoms with van der Waals surface area (Å²) in [6.45, 7) is 4.12. The molecular formula is C17H20ClN5O. The lowest BCUT2D eigenvalue weighted by Crippen LogP contribution is -2.39. The van der Waals surface area contributed by atoms with E-state index in [9.17, 15) is 0 Å². The van der Waals surface area contributed by atoms with Crippen molar-refractivity contribution in [1.82, 2.24) is 15.3 Å². The van der Waals surface area contributed by atoms with Gasteiger partial charge in [0.1, 0.15) is 5.82 Å². The van der Waals surface area contributed by atoms with Gasteiger partial charge in [0.15, 0.2) is 0 Å². The summed E-state index contributed by atoms with van der Waals surface area (Å²) < 4.78 is 5.43. The molecule has 0 aliphatic carbocycles. The summed E-state index contributed by atoms with van der Waals surface area (Å²) in [6, 6.07) is 9.96. The molecule has 6 nitrogen and oxygen atoms in total. The number of halogens is 1. The molecular weight excluding hydrogens is 326 g/mol. The minimum atomic E-state index is 0.318. The molecule has 0 bridgehead atoms. The fraction of sp³-hybridized carbons (Fsp3) is 0.412. The third-order valence-corrected chi connectivity index (χ3v) is 4.58. The number of hydrogen-bond acceptors (Lipinski definition) is 6. The summed E-state index contributed by atoms with van der Waals surface area (Å²) in [4.78, 5) is 11.7. The van der Waals surface area contributed by atoms with E-state index < -0.39 is 0 Å². The zero-order valence-corrected chi connectivity index (χ0v) is 14.1. The summed E-state index contributed by atoms with van der Waals surface area (Å²) in [5, 5.41) is 7.49. The molecule has 24 heavy (non-hydrogen) atoms. The van der Waals surface area contributed by atoms with Crippen LogP contribution >= 0.6 is 11.6 Å². The fourth-order valence-electron chi connectivity index (χ4n) is 2.82. The number of anilines is 3. The molecule has 126 valence electrons. The highest BCUT2D eigenvalue weighted by Crippen LogP contribution is 2.27. The summed E-state index contributed by atoms with van der Waals surface area (Å²) >= 11 is 5.95. The van der Waals surface area contributed by atoms with Crippen molar-refractivity contribution in [3.05, 3.63) is 41.0 Å². The lowest BCUT2D eigenvalue weighted by molar-refractivity contribution is 0.122. The Kier molecular flexibility index (Phi) is 4.51. The highest BCUT2D eigenvalue weighted by Gasteiger charge is 2.23. The van der Waals surface area contributed by atoms with Crippen LogP contribution in [0.5, 0.6) is 0 Å². The standard InChI is InChI=1S/C17H20ClN5O/c18-12-1-3-13(4-2-12)20-16-11-15(14-5-6-19-14)21-17(22-16)23-7-9-24-10-8-23/h1-4,11,14,19H,5-10H2,(H,20,21,22). The van der Waals surface area contributed by atoms with Gasteiger partial charge in [-0.1, -0.05) is 11.6 Å². The van der Waals surface area contributed by atoms with Crippen LogP contribution in [0.2, 0.25) is 5.02 Å². The van der Waals surface area contributed by atoms with E-state index in [2.05, 4.69) is 15.5 Å². The topological polar surface area (TPSA) is 62.3 Å². The van der Waals surface area contributed by atoms with Crippen LogP contribution in [-0.4, -0.2) is 42.8 Å². The lowest BCUT2D eigenvalue weighted by atomic mass is 10.0. The van der Waals surface area contributed by atoms with E-state index in [-0.39, 0.29) is 0 Å². The second-order valence-electron chi connectivity index (χ2n) is 6.00. The molecule has 2 aliphatic heterocycles. The summed E-state index contributed by atoms with van der Waals surface area (Å²) in [5.74, 6) is 1.57. The van der Waals surface area contributed by atoms with Crippen LogP contribution in [0.1, 0.15) is 18.2 Å². The Morgan fingerprint density at radius 2 is 1.92 bits per heavy atom. The molecule has 0 amide bonds. The van der Waals surface area contributed by atoms with Crippen molar-refractivity contribution < 1.29 is 4.74 Å². The Morgan fingerprint density at radius 1 is 1.17 bits per heavy atom. The number of hydrogen-bond donors (Lipinski definition) is 2. The summed E-state index contributed by atoms with van der Waals surface area (Å²) in [5.41, 5.74) is 1.99. The number of aromatic nitrogens is 2. The average molecular weight is 346 g/mol. The molecule has 1 unspecified atom stereocenters. The first-order chi connectivity index (χ1) is 11.8. The van der Waals surface area contributed by atoms with E-state index in [4.69, 9.17) is 26.3 Å². The van der Waals surface area contributed by atoms with Crippen LogP contribution in [-0.2, 0) is 4.74 Å². The number of nitrogens with zero attached hydrogens (tertiary/aromatic N) is 3. The molecule has 2 saturated heterocycles. The molecule has 1 atom stereocenters. The van der Waals surface area contributed by atoms with Gasteiger partial charge in [-0.15, -0.1) is 0 Å². The Hall–Kier alpha value is -1.89. The van der Waals surface area contributed by atoms with Crippen molar-refractivity contribution >= 4 is 29.1 Å². The molecule has 0 radical (unpaired) electrons. The maximum atomic E-state index is 5.95. The van der Waals surface area contributed by atoms with E-state index in [0.29, 0.717) is 6.04 Å². The van der Waals surface area contributed by atoms with Crippen molar-refractivity contribution in [3.8, 4) is 0 Å². The second-order valence-corrected chi connectivity index (χ2v) is 6.44. The molecule has 2 aromatic rings. The van der Waals surface area contributed by atoms with E-state index >= 15 is 0 Å². The Balaban J connectivity index is 1.62. The van der Waals surface area contributed by atoms with Gasteiger partial charge in [-0.3, -0.25) is 0 Å². The van der Waals surface area contributed by atoms with Gasteiger partial charge in [-0.2, -0.15) is 4.98 Å². The molecule has 4 rings (SSSR count). The molecule has 7 heteroatoms. The molecule has 1 aromatic heterocycles. The van der Waals surface area contributed by atoms with Gasteiger partial charge in [0.2, 0.25) is 5.95 Å². The molecule has 2 aliphatic rings. The number of morpholine rings is 1. The van der Waals surface area contributed by atoms with E-state index in [1.807, 2.05) is 30.3 Å². The second kappa shape index (κ2) is 6.93. The normalized spacial score (nSPS) is 20.5. The van der Waals surface area contributed by atoms with Gasteiger partial charge in [0, 0.05) is 29.9 Å². The zero-order valence-electron chi connectivity index (χ0n) is 13.3. The van der Waals surface area contributed by atoms with Gasteiger partial charge < -0.3 is 20.3 Å². The average Bonchev–Trinajstić information content (AvgIpc) is 2.56. The highest BCUT2D eigenvalue weighted by atomic mass is 35.5. The van der Waals surface area contributed by atoms with Gasteiger partial charge in [-0.25, -0.2) is 4.98 Å². The molecule has 3 heterocycles. The van der Waals surface area contributed by atoms with Gasteiger partial charge >= 0.3 is 0 Å². The van der Waals surface area contributed by atoms with Crippen molar-refractivity contribution in [1.29, 1.82) is 0 Å².